The Morgan fingerprint density at radius 1 is 1.33 bits per heavy atom. The first-order valence-electron chi connectivity index (χ1n) is 4.83. The van der Waals surface area contributed by atoms with Crippen LogP contribution < -0.4 is 0 Å². The molecule has 0 aromatic carbocycles. The zero-order chi connectivity index (χ0) is 9.14. The second kappa shape index (κ2) is 4.04. The SMILES string of the molecule is CC1CCC(C(=O)C(C)O)CC1. The number of Topliss-reactive ketones (excluding diaryl/α,β-unsaturated/α-hetero) is 1. The summed E-state index contributed by atoms with van der Waals surface area (Å²) in [6.07, 6.45) is 3.48. The quantitative estimate of drug-likeness (QED) is 0.685. The van der Waals surface area contributed by atoms with Gasteiger partial charge in [-0.3, -0.25) is 4.79 Å². The maximum Gasteiger partial charge on any atom is 0.164 e. The summed E-state index contributed by atoms with van der Waals surface area (Å²) < 4.78 is 0. The summed E-state index contributed by atoms with van der Waals surface area (Å²) in [5, 5.41) is 9.09. The zero-order valence-corrected chi connectivity index (χ0v) is 7.92. The number of aliphatic hydroxyl groups excluding tert-OH is 1. The van der Waals surface area contributed by atoms with Crippen LogP contribution in [0.1, 0.15) is 39.5 Å². The highest BCUT2D eigenvalue weighted by Crippen LogP contribution is 2.29. The number of carbonyl (C=O) groups excluding carboxylic acids is 1. The largest absolute Gasteiger partial charge is 0.386 e. The van der Waals surface area contributed by atoms with Gasteiger partial charge >= 0.3 is 0 Å². The topological polar surface area (TPSA) is 37.3 Å². The summed E-state index contributed by atoms with van der Waals surface area (Å²) in [6.45, 7) is 3.80. The second-order valence-corrected chi connectivity index (χ2v) is 4.04. The third kappa shape index (κ3) is 2.31. The normalized spacial score (nSPS) is 32.9. The Morgan fingerprint density at radius 3 is 2.25 bits per heavy atom. The second-order valence-electron chi connectivity index (χ2n) is 4.04. The molecule has 70 valence electrons. The van der Waals surface area contributed by atoms with E-state index >= 15 is 0 Å². The minimum atomic E-state index is -0.761. The first-order valence-corrected chi connectivity index (χ1v) is 4.83. The number of hydrogen-bond donors (Lipinski definition) is 1. The lowest BCUT2D eigenvalue weighted by Crippen LogP contribution is -2.28. The monoisotopic (exact) mass is 170 g/mol. The molecule has 1 rings (SSSR count). The Hall–Kier alpha value is -0.370. The lowest BCUT2D eigenvalue weighted by atomic mass is 9.80. The van der Waals surface area contributed by atoms with Crippen molar-refractivity contribution in [3.63, 3.8) is 0 Å². The van der Waals surface area contributed by atoms with Crippen LogP contribution in [-0.2, 0) is 4.79 Å². The number of ketones is 1. The van der Waals surface area contributed by atoms with E-state index in [0.29, 0.717) is 0 Å². The van der Waals surface area contributed by atoms with Gasteiger partial charge in [0, 0.05) is 5.92 Å². The maximum atomic E-state index is 11.4. The van der Waals surface area contributed by atoms with E-state index in [1.54, 1.807) is 6.92 Å². The molecule has 1 N–H and O–H groups in total. The van der Waals surface area contributed by atoms with E-state index in [-0.39, 0.29) is 11.7 Å². The molecule has 0 saturated heterocycles. The fourth-order valence-corrected chi connectivity index (χ4v) is 1.89. The van der Waals surface area contributed by atoms with Crippen molar-refractivity contribution in [3.05, 3.63) is 0 Å². The molecular formula is C10H18O2. The molecule has 2 nitrogen and oxygen atoms in total. The van der Waals surface area contributed by atoms with Crippen LogP contribution in [0, 0.1) is 11.8 Å². The Bertz CT molecular complexity index is 155. The molecule has 0 spiro atoms. The fraction of sp³-hybridized carbons (Fsp3) is 0.900. The smallest absolute Gasteiger partial charge is 0.164 e. The Kier molecular flexibility index (Phi) is 3.27. The molecule has 1 saturated carbocycles. The van der Waals surface area contributed by atoms with Crippen LogP contribution in [-0.4, -0.2) is 17.0 Å². The zero-order valence-electron chi connectivity index (χ0n) is 7.92. The molecule has 1 aliphatic carbocycles. The summed E-state index contributed by atoms with van der Waals surface area (Å²) in [4.78, 5) is 11.4. The van der Waals surface area contributed by atoms with Gasteiger partial charge in [-0.1, -0.05) is 19.8 Å². The van der Waals surface area contributed by atoms with Gasteiger partial charge in [0.15, 0.2) is 5.78 Å². The average molecular weight is 170 g/mol. The molecule has 2 heteroatoms. The maximum absolute atomic E-state index is 11.4. The number of carbonyl (C=O) groups is 1. The Balaban J connectivity index is 2.39. The molecule has 1 aliphatic rings. The van der Waals surface area contributed by atoms with Gasteiger partial charge in [0.1, 0.15) is 6.10 Å². The number of rotatable bonds is 2. The van der Waals surface area contributed by atoms with Crippen molar-refractivity contribution in [1.82, 2.24) is 0 Å². The summed E-state index contributed by atoms with van der Waals surface area (Å²) in [5.41, 5.74) is 0. The van der Waals surface area contributed by atoms with Crippen LogP contribution in [0.4, 0.5) is 0 Å². The molecule has 12 heavy (non-hydrogen) atoms. The molecule has 0 bridgehead atoms. The molecule has 0 amide bonds. The summed E-state index contributed by atoms with van der Waals surface area (Å²) in [7, 11) is 0. The fourth-order valence-electron chi connectivity index (χ4n) is 1.89. The van der Waals surface area contributed by atoms with Crippen molar-refractivity contribution in [1.29, 1.82) is 0 Å². The van der Waals surface area contributed by atoms with E-state index in [9.17, 15) is 4.79 Å². The summed E-state index contributed by atoms with van der Waals surface area (Å²) in [6, 6.07) is 0. The molecule has 0 aromatic heterocycles. The van der Waals surface area contributed by atoms with Crippen molar-refractivity contribution in [2.24, 2.45) is 11.8 Å². The summed E-state index contributed by atoms with van der Waals surface area (Å²) in [5.74, 6) is 0.950. The Labute approximate surface area is 74.0 Å². The van der Waals surface area contributed by atoms with Gasteiger partial charge in [-0.05, 0) is 25.7 Å². The molecule has 0 heterocycles. The van der Waals surface area contributed by atoms with E-state index in [1.807, 2.05) is 0 Å². The predicted molar refractivity (Wildman–Crippen MR) is 47.8 cm³/mol. The van der Waals surface area contributed by atoms with Crippen molar-refractivity contribution >= 4 is 5.78 Å². The van der Waals surface area contributed by atoms with Crippen LogP contribution in [0.5, 0.6) is 0 Å². The molecule has 0 aromatic rings. The molecule has 0 aliphatic heterocycles. The van der Waals surface area contributed by atoms with Gasteiger partial charge in [0.05, 0.1) is 0 Å². The molecule has 1 fully saturated rings. The third-order valence-electron chi connectivity index (χ3n) is 2.83. The van der Waals surface area contributed by atoms with Crippen LogP contribution in [0.2, 0.25) is 0 Å². The van der Waals surface area contributed by atoms with Gasteiger partial charge in [-0.25, -0.2) is 0 Å². The van der Waals surface area contributed by atoms with Gasteiger partial charge in [0.25, 0.3) is 0 Å². The standard InChI is InChI=1S/C10H18O2/c1-7-3-5-9(6-4-7)10(12)8(2)11/h7-9,11H,3-6H2,1-2H3. The van der Waals surface area contributed by atoms with Crippen molar-refractivity contribution in [3.8, 4) is 0 Å². The van der Waals surface area contributed by atoms with E-state index < -0.39 is 6.10 Å². The number of aliphatic hydroxyl groups is 1. The predicted octanol–water partition coefficient (Wildman–Crippen LogP) is 1.76. The van der Waals surface area contributed by atoms with Crippen LogP contribution in [0.15, 0.2) is 0 Å². The first kappa shape index (κ1) is 9.72. The molecular weight excluding hydrogens is 152 g/mol. The van der Waals surface area contributed by atoms with Gasteiger partial charge in [-0.2, -0.15) is 0 Å². The lowest BCUT2D eigenvalue weighted by Gasteiger charge is -2.25. The minimum absolute atomic E-state index is 0.0434. The van der Waals surface area contributed by atoms with Crippen molar-refractivity contribution < 1.29 is 9.90 Å². The highest BCUT2D eigenvalue weighted by atomic mass is 16.3. The average Bonchev–Trinajstić information content (AvgIpc) is 2.04. The van der Waals surface area contributed by atoms with Crippen molar-refractivity contribution in [2.75, 3.05) is 0 Å². The molecule has 1 unspecified atom stereocenters. The van der Waals surface area contributed by atoms with E-state index in [4.69, 9.17) is 5.11 Å². The highest BCUT2D eigenvalue weighted by Gasteiger charge is 2.26. The third-order valence-corrected chi connectivity index (χ3v) is 2.83. The van der Waals surface area contributed by atoms with E-state index in [1.165, 1.54) is 0 Å². The van der Waals surface area contributed by atoms with E-state index in [0.717, 1.165) is 31.6 Å². The Morgan fingerprint density at radius 2 is 1.83 bits per heavy atom. The lowest BCUT2D eigenvalue weighted by molar-refractivity contribution is -0.131. The highest BCUT2D eigenvalue weighted by molar-refractivity contribution is 5.84. The van der Waals surface area contributed by atoms with Gasteiger partial charge < -0.3 is 5.11 Å². The first-order chi connectivity index (χ1) is 5.61. The summed E-state index contributed by atoms with van der Waals surface area (Å²) >= 11 is 0. The van der Waals surface area contributed by atoms with Crippen LogP contribution in [0.25, 0.3) is 0 Å². The van der Waals surface area contributed by atoms with Gasteiger partial charge in [-0.15, -0.1) is 0 Å². The van der Waals surface area contributed by atoms with Crippen LogP contribution in [0.3, 0.4) is 0 Å². The van der Waals surface area contributed by atoms with Crippen LogP contribution >= 0.6 is 0 Å². The molecule has 0 radical (unpaired) electrons. The van der Waals surface area contributed by atoms with Crippen molar-refractivity contribution in [2.45, 2.75) is 45.6 Å². The van der Waals surface area contributed by atoms with E-state index in [2.05, 4.69) is 6.92 Å². The molecule has 1 atom stereocenters. The number of hydrogen-bond acceptors (Lipinski definition) is 2. The minimum Gasteiger partial charge on any atom is -0.386 e. The van der Waals surface area contributed by atoms with Gasteiger partial charge in [0.2, 0.25) is 0 Å².